The molecule has 1 heterocycles. The molecule has 0 spiro atoms. The number of carbonyl (C=O) groups excluding carboxylic acids is 1. The zero-order chi connectivity index (χ0) is 15.8. The lowest BCUT2D eigenvalue weighted by Crippen LogP contribution is -2.37. The number of likely N-dealkylation sites (tertiary alicyclic amines) is 1. The molecule has 1 saturated carbocycles. The van der Waals surface area contributed by atoms with Crippen LogP contribution in [-0.4, -0.2) is 40.7 Å². The monoisotopic (exact) mass is 363 g/mol. The highest BCUT2D eigenvalue weighted by Gasteiger charge is 2.44. The van der Waals surface area contributed by atoms with Gasteiger partial charge in [0.25, 0.3) is 0 Å². The number of halogens is 2. The first kappa shape index (κ1) is 17.0. The third-order valence-corrected chi connectivity index (χ3v) is 5.50. The molecule has 3 nitrogen and oxygen atoms in total. The fourth-order valence-electron chi connectivity index (χ4n) is 3.66. The van der Waals surface area contributed by atoms with E-state index in [1.54, 1.807) is 4.90 Å². The fourth-order valence-corrected chi connectivity index (χ4v) is 4.51. The van der Waals surface area contributed by atoms with Gasteiger partial charge in [-0.2, -0.15) is 0 Å². The topological polar surface area (TPSA) is 29.5 Å². The number of hydrogen-bond acceptors (Lipinski definition) is 2. The Labute approximate surface area is 135 Å². The van der Waals surface area contributed by atoms with Crippen LogP contribution < -0.4 is 0 Å². The Hall–Kier alpha value is -0.320. The molecule has 5 heteroatoms. The molecular formula is C16H27BrFNO2. The second-order valence-electron chi connectivity index (χ2n) is 7.62. The lowest BCUT2D eigenvalue weighted by molar-refractivity contribution is 0.0274. The van der Waals surface area contributed by atoms with Crippen molar-refractivity contribution < 1.29 is 13.9 Å². The first-order chi connectivity index (χ1) is 9.67. The Morgan fingerprint density at radius 1 is 1.24 bits per heavy atom. The largest absolute Gasteiger partial charge is 0.444 e. The molecule has 1 amide bonds. The number of rotatable bonds is 1. The number of carbonyl (C=O) groups is 1. The van der Waals surface area contributed by atoms with Gasteiger partial charge >= 0.3 is 6.09 Å². The van der Waals surface area contributed by atoms with Gasteiger partial charge in [-0.15, -0.1) is 0 Å². The SMILES string of the molecule is CC1CC(Br)CCC1C1CN(C(=O)OC(C)(C)C)CC1F. The summed E-state index contributed by atoms with van der Waals surface area (Å²) in [6, 6.07) is 0. The zero-order valence-corrected chi connectivity index (χ0v) is 15.0. The smallest absolute Gasteiger partial charge is 0.410 e. The minimum absolute atomic E-state index is 0.0347. The van der Waals surface area contributed by atoms with E-state index in [-0.39, 0.29) is 18.6 Å². The summed E-state index contributed by atoms with van der Waals surface area (Å²) in [6.07, 6.45) is 1.95. The number of ether oxygens (including phenoxy) is 1. The fraction of sp³-hybridized carbons (Fsp3) is 0.938. The van der Waals surface area contributed by atoms with Gasteiger partial charge in [-0.3, -0.25) is 0 Å². The van der Waals surface area contributed by atoms with E-state index in [0.717, 1.165) is 19.3 Å². The highest BCUT2D eigenvalue weighted by Crippen LogP contribution is 2.42. The zero-order valence-electron chi connectivity index (χ0n) is 13.4. The van der Waals surface area contributed by atoms with Crippen molar-refractivity contribution in [3.05, 3.63) is 0 Å². The maximum Gasteiger partial charge on any atom is 0.410 e. The molecule has 0 radical (unpaired) electrons. The van der Waals surface area contributed by atoms with Gasteiger partial charge < -0.3 is 9.64 Å². The molecule has 122 valence electrons. The highest BCUT2D eigenvalue weighted by atomic mass is 79.9. The molecule has 5 unspecified atom stereocenters. The third-order valence-electron chi connectivity index (χ3n) is 4.66. The number of nitrogens with zero attached hydrogens (tertiary/aromatic N) is 1. The van der Waals surface area contributed by atoms with Crippen LogP contribution in [0.25, 0.3) is 0 Å². The molecule has 0 bridgehead atoms. The van der Waals surface area contributed by atoms with Gasteiger partial charge in [0.2, 0.25) is 0 Å². The lowest BCUT2D eigenvalue weighted by Gasteiger charge is -2.36. The van der Waals surface area contributed by atoms with Crippen molar-refractivity contribution in [3.8, 4) is 0 Å². The van der Waals surface area contributed by atoms with Crippen LogP contribution >= 0.6 is 15.9 Å². The van der Waals surface area contributed by atoms with E-state index in [9.17, 15) is 9.18 Å². The maximum atomic E-state index is 14.4. The van der Waals surface area contributed by atoms with E-state index < -0.39 is 11.8 Å². The molecule has 0 N–H and O–H groups in total. The number of hydrogen-bond donors (Lipinski definition) is 0. The van der Waals surface area contributed by atoms with Crippen molar-refractivity contribution in [1.29, 1.82) is 0 Å². The summed E-state index contributed by atoms with van der Waals surface area (Å²) in [7, 11) is 0. The van der Waals surface area contributed by atoms with Gasteiger partial charge in [-0.1, -0.05) is 22.9 Å². The van der Waals surface area contributed by atoms with Crippen molar-refractivity contribution in [1.82, 2.24) is 4.90 Å². The summed E-state index contributed by atoms with van der Waals surface area (Å²) in [5, 5.41) is 0. The average molecular weight is 364 g/mol. The first-order valence-electron chi connectivity index (χ1n) is 7.93. The molecule has 1 aliphatic heterocycles. The summed E-state index contributed by atoms with van der Waals surface area (Å²) in [4.78, 5) is 14.2. The standard InChI is InChI=1S/C16H27BrFNO2/c1-10-7-11(17)5-6-12(10)13-8-19(9-14(13)18)15(20)21-16(2,3)4/h10-14H,5-9H2,1-4H3. The Morgan fingerprint density at radius 2 is 1.90 bits per heavy atom. The van der Waals surface area contributed by atoms with E-state index in [0.29, 0.717) is 23.2 Å². The molecule has 0 aromatic carbocycles. The Kier molecular flexibility index (Phi) is 5.22. The molecule has 2 aliphatic rings. The summed E-state index contributed by atoms with van der Waals surface area (Å²) in [5.74, 6) is 0.846. The van der Waals surface area contributed by atoms with Crippen LogP contribution in [0.15, 0.2) is 0 Å². The molecular weight excluding hydrogens is 337 g/mol. The lowest BCUT2D eigenvalue weighted by atomic mass is 9.72. The van der Waals surface area contributed by atoms with Crippen molar-refractivity contribution in [3.63, 3.8) is 0 Å². The predicted octanol–water partition coefficient (Wildman–Crippen LogP) is 4.39. The normalized spacial score (nSPS) is 37.6. The van der Waals surface area contributed by atoms with Crippen molar-refractivity contribution in [2.24, 2.45) is 17.8 Å². The molecule has 0 aromatic heterocycles. The first-order valence-corrected chi connectivity index (χ1v) is 8.85. The molecule has 2 fully saturated rings. The van der Waals surface area contributed by atoms with Crippen LogP contribution in [0.1, 0.15) is 47.0 Å². The number of amides is 1. The average Bonchev–Trinajstić information content (AvgIpc) is 2.69. The Balaban J connectivity index is 1.96. The van der Waals surface area contributed by atoms with Crippen LogP contribution in [0.3, 0.4) is 0 Å². The van der Waals surface area contributed by atoms with Crippen LogP contribution in [0.2, 0.25) is 0 Å². The molecule has 5 atom stereocenters. The van der Waals surface area contributed by atoms with Gasteiger partial charge in [-0.05, 0) is 51.9 Å². The van der Waals surface area contributed by atoms with Gasteiger partial charge in [0, 0.05) is 17.3 Å². The van der Waals surface area contributed by atoms with Crippen LogP contribution in [0.5, 0.6) is 0 Å². The predicted molar refractivity (Wildman–Crippen MR) is 85.4 cm³/mol. The van der Waals surface area contributed by atoms with Crippen LogP contribution in [0, 0.1) is 17.8 Å². The maximum absolute atomic E-state index is 14.4. The van der Waals surface area contributed by atoms with Gasteiger partial charge in [0.05, 0.1) is 6.54 Å². The highest BCUT2D eigenvalue weighted by molar-refractivity contribution is 9.09. The summed E-state index contributed by atoms with van der Waals surface area (Å²) in [6.45, 7) is 8.40. The second-order valence-corrected chi connectivity index (χ2v) is 8.91. The van der Waals surface area contributed by atoms with E-state index in [1.807, 2.05) is 20.8 Å². The van der Waals surface area contributed by atoms with Crippen LogP contribution in [-0.2, 0) is 4.74 Å². The molecule has 0 aromatic rings. The van der Waals surface area contributed by atoms with E-state index in [1.165, 1.54) is 0 Å². The van der Waals surface area contributed by atoms with Crippen LogP contribution in [0.4, 0.5) is 9.18 Å². The number of alkyl halides is 2. The minimum atomic E-state index is -0.920. The Morgan fingerprint density at radius 3 is 2.48 bits per heavy atom. The molecule has 1 saturated heterocycles. The van der Waals surface area contributed by atoms with Crippen molar-refractivity contribution >= 4 is 22.0 Å². The summed E-state index contributed by atoms with van der Waals surface area (Å²) < 4.78 is 19.8. The quantitative estimate of drug-likeness (QED) is 0.646. The van der Waals surface area contributed by atoms with Gasteiger partial charge in [-0.25, -0.2) is 9.18 Å². The second kappa shape index (κ2) is 6.43. The van der Waals surface area contributed by atoms with Crippen molar-refractivity contribution in [2.75, 3.05) is 13.1 Å². The molecule has 2 rings (SSSR count). The third kappa shape index (κ3) is 4.33. The summed E-state index contributed by atoms with van der Waals surface area (Å²) in [5.41, 5.74) is -0.526. The Bertz CT molecular complexity index is 385. The molecule has 21 heavy (non-hydrogen) atoms. The van der Waals surface area contributed by atoms with E-state index in [2.05, 4.69) is 22.9 Å². The van der Waals surface area contributed by atoms with E-state index in [4.69, 9.17) is 4.74 Å². The van der Waals surface area contributed by atoms with Gasteiger partial charge in [0.15, 0.2) is 0 Å². The van der Waals surface area contributed by atoms with E-state index >= 15 is 0 Å². The molecule has 1 aliphatic carbocycles. The minimum Gasteiger partial charge on any atom is -0.444 e. The van der Waals surface area contributed by atoms with Crippen molar-refractivity contribution in [2.45, 2.75) is 63.6 Å². The van der Waals surface area contributed by atoms with Gasteiger partial charge in [0.1, 0.15) is 11.8 Å². The summed E-state index contributed by atoms with van der Waals surface area (Å²) >= 11 is 3.67.